The topological polar surface area (TPSA) is 72.9 Å². The van der Waals surface area contributed by atoms with Crippen LogP contribution < -0.4 is 9.64 Å². The van der Waals surface area contributed by atoms with E-state index in [0.717, 1.165) is 24.2 Å². The van der Waals surface area contributed by atoms with Gasteiger partial charge in [-0.15, -0.1) is 0 Å². The molecule has 3 rings (SSSR count). The summed E-state index contributed by atoms with van der Waals surface area (Å²) in [7, 11) is 1.48. The molecule has 0 N–H and O–H groups in total. The lowest BCUT2D eigenvalue weighted by Gasteiger charge is -2.16. The second kappa shape index (κ2) is 11.5. The smallest absolute Gasteiger partial charge is 0.338 e. The third kappa shape index (κ3) is 5.36. The van der Waals surface area contributed by atoms with Gasteiger partial charge in [-0.25, -0.2) is 9.69 Å². The Morgan fingerprint density at radius 1 is 0.844 bits per heavy atom. The fraction of sp³-hybridized carbons (Fsp3) is 0.423. The minimum Gasteiger partial charge on any atom is -0.495 e. The molecule has 0 aromatic heterocycles. The third-order valence-electron chi connectivity index (χ3n) is 5.68. The van der Waals surface area contributed by atoms with E-state index in [2.05, 4.69) is 6.92 Å². The highest BCUT2D eigenvalue weighted by atomic mass is 16.5. The Balaban J connectivity index is 1.57. The zero-order valence-corrected chi connectivity index (χ0v) is 18.9. The van der Waals surface area contributed by atoms with Crippen LogP contribution >= 0.6 is 0 Å². The maximum Gasteiger partial charge on any atom is 0.338 e. The van der Waals surface area contributed by atoms with E-state index in [1.54, 1.807) is 24.3 Å². The minimum absolute atomic E-state index is 0.197. The maximum atomic E-state index is 13.0. The number of hydrogen-bond acceptors (Lipinski definition) is 5. The number of nitrogens with zero attached hydrogens (tertiary/aromatic N) is 1. The number of carbonyl (C=O) groups excluding carboxylic acids is 3. The average Bonchev–Trinajstić information content (AvgIpc) is 3.07. The minimum atomic E-state index is -0.480. The summed E-state index contributed by atoms with van der Waals surface area (Å²) in [5, 5.41) is 0. The number of imide groups is 1. The van der Waals surface area contributed by atoms with E-state index in [4.69, 9.17) is 9.47 Å². The van der Waals surface area contributed by atoms with E-state index in [1.165, 1.54) is 57.4 Å². The molecule has 0 bridgehead atoms. The predicted molar refractivity (Wildman–Crippen MR) is 123 cm³/mol. The van der Waals surface area contributed by atoms with Crippen LogP contribution in [0, 0.1) is 0 Å². The summed E-state index contributed by atoms with van der Waals surface area (Å²) in [4.78, 5) is 39.3. The monoisotopic (exact) mass is 437 g/mol. The predicted octanol–water partition coefficient (Wildman–Crippen LogP) is 5.79. The summed E-state index contributed by atoms with van der Waals surface area (Å²) < 4.78 is 10.7. The van der Waals surface area contributed by atoms with Gasteiger partial charge in [0.15, 0.2) is 0 Å². The lowest BCUT2D eigenvalue weighted by Crippen LogP contribution is -2.29. The number of esters is 1. The molecule has 0 aliphatic carbocycles. The molecule has 2 aromatic carbocycles. The first-order chi connectivity index (χ1) is 15.6. The molecule has 1 aliphatic rings. The van der Waals surface area contributed by atoms with Crippen molar-refractivity contribution >= 4 is 23.5 Å². The molecule has 0 fully saturated rings. The molecule has 0 spiro atoms. The molecule has 0 saturated heterocycles. The number of anilines is 1. The summed E-state index contributed by atoms with van der Waals surface area (Å²) in [5.74, 6) is -0.973. The molecule has 1 aliphatic heterocycles. The Morgan fingerprint density at radius 3 is 2.22 bits per heavy atom. The number of para-hydroxylation sites is 2. The molecular weight excluding hydrogens is 406 g/mol. The van der Waals surface area contributed by atoms with Crippen molar-refractivity contribution in [3.8, 4) is 5.75 Å². The van der Waals surface area contributed by atoms with Gasteiger partial charge in [-0.1, -0.05) is 64.0 Å². The van der Waals surface area contributed by atoms with Crippen LogP contribution in [0.2, 0.25) is 0 Å². The van der Waals surface area contributed by atoms with Crippen LogP contribution in [0.15, 0.2) is 42.5 Å². The van der Waals surface area contributed by atoms with E-state index in [-0.39, 0.29) is 16.7 Å². The highest BCUT2D eigenvalue weighted by Gasteiger charge is 2.38. The number of fused-ring (bicyclic) bond motifs is 1. The van der Waals surface area contributed by atoms with Crippen molar-refractivity contribution in [1.29, 1.82) is 0 Å². The van der Waals surface area contributed by atoms with Crippen LogP contribution in [0.25, 0.3) is 0 Å². The molecule has 1 heterocycles. The molecule has 6 heteroatoms. The Bertz CT molecular complexity index is 968. The molecule has 0 atom stereocenters. The van der Waals surface area contributed by atoms with Gasteiger partial charge in [0.2, 0.25) is 0 Å². The Labute approximate surface area is 189 Å². The second-order valence-corrected chi connectivity index (χ2v) is 7.99. The summed E-state index contributed by atoms with van der Waals surface area (Å²) in [6.45, 7) is 2.56. The van der Waals surface area contributed by atoms with Crippen LogP contribution in [0.1, 0.15) is 89.4 Å². The highest BCUT2D eigenvalue weighted by molar-refractivity contribution is 6.35. The van der Waals surface area contributed by atoms with Gasteiger partial charge in [0.1, 0.15) is 5.75 Å². The molecular formula is C26H31NO5. The number of hydrogen-bond donors (Lipinski definition) is 0. The van der Waals surface area contributed by atoms with Gasteiger partial charge >= 0.3 is 5.97 Å². The van der Waals surface area contributed by atoms with Crippen molar-refractivity contribution < 1.29 is 23.9 Å². The summed E-state index contributed by atoms with van der Waals surface area (Å²) in [6, 6.07) is 11.3. The fourth-order valence-corrected chi connectivity index (χ4v) is 3.89. The third-order valence-corrected chi connectivity index (χ3v) is 5.68. The zero-order chi connectivity index (χ0) is 22.9. The van der Waals surface area contributed by atoms with Crippen LogP contribution in [-0.4, -0.2) is 31.5 Å². The van der Waals surface area contributed by atoms with E-state index >= 15 is 0 Å². The molecule has 2 amide bonds. The maximum absolute atomic E-state index is 13.0. The van der Waals surface area contributed by atoms with Gasteiger partial charge in [-0.3, -0.25) is 9.59 Å². The van der Waals surface area contributed by atoms with Crippen LogP contribution in [0.3, 0.4) is 0 Å². The Hall–Kier alpha value is -3.15. The van der Waals surface area contributed by atoms with Crippen molar-refractivity contribution in [2.75, 3.05) is 18.6 Å². The van der Waals surface area contributed by atoms with Gasteiger partial charge < -0.3 is 9.47 Å². The number of rotatable bonds is 12. The van der Waals surface area contributed by atoms with E-state index in [1.807, 2.05) is 0 Å². The van der Waals surface area contributed by atoms with Crippen LogP contribution in [0.4, 0.5) is 5.69 Å². The first-order valence-corrected chi connectivity index (χ1v) is 11.4. The molecule has 170 valence electrons. The van der Waals surface area contributed by atoms with Crippen molar-refractivity contribution in [2.45, 2.75) is 58.3 Å². The van der Waals surface area contributed by atoms with Gasteiger partial charge in [0, 0.05) is 0 Å². The molecule has 0 unspecified atom stereocenters. The van der Waals surface area contributed by atoms with E-state index in [0.29, 0.717) is 18.0 Å². The van der Waals surface area contributed by atoms with E-state index < -0.39 is 17.8 Å². The van der Waals surface area contributed by atoms with E-state index in [9.17, 15) is 14.4 Å². The quantitative estimate of drug-likeness (QED) is 0.239. The number of carbonyl (C=O) groups is 3. The molecule has 32 heavy (non-hydrogen) atoms. The second-order valence-electron chi connectivity index (χ2n) is 7.99. The standard InChI is InChI=1S/C26H31NO5/c1-3-4-5-6-7-8-9-12-17-32-26(30)19-15-16-20-21(18-19)25(29)27(24(20)28)22-13-10-11-14-23(22)31-2/h10-11,13-16,18H,3-9,12,17H2,1-2H3. The average molecular weight is 438 g/mol. The number of ether oxygens (including phenoxy) is 2. The van der Waals surface area contributed by atoms with Crippen molar-refractivity contribution in [2.24, 2.45) is 0 Å². The number of amides is 2. The van der Waals surface area contributed by atoms with Gasteiger partial charge in [0.25, 0.3) is 11.8 Å². The lowest BCUT2D eigenvalue weighted by atomic mass is 10.1. The number of unbranched alkanes of at least 4 members (excludes halogenated alkanes) is 7. The zero-order valence-electron chi connectivity index (χ0n) is 18.9. The Kier molecular flexibility index (Phi) is 8.42. The highest BCUT2D eigenvalue weighted by Crippen LogP contribution is 2.34. The largest absolute Gasteiger partial charge is 0.495 e. The number of methoxy groups -OCH3 is 1. The molecule has 2 aromatic rings. The van der Waals surface area contributed by atoms with Crippen molar-refractivity contribution in [3.63, 3.8) is 0 Å². The first kappa shape index (κ1) is 23.5. The summed E-state index contributed by atoms with van der Waals surface area (Å²) >= 11 is 0. The van der Waals surface area contributed by atoms with Crippen LogP contribution in [-0.2, 0) is 4.74 Å². The summed E-state index contributed by atoms with van der Waals surface area (Å²) in [5.41, 5.74) is 1.11. The lowest BCUT2D eigenvalue weighted by molar-refractivity contribution is 0.0497. The van der Waals surface area contributed by atoms with Gasteiger partial charge in [-0.2, -0.15) is 0 Å². The number of benzene rings is 2. The molecule has 0 radical (unpaired) electrons. The van der Waals surface area contributed by atoms with Gasteiger partial charge in [0.05, 0.1) is 36.1 Å². The SMILES string of the molecule is CCCCCCCCCCOC(=O)c1ccc2c(c1)C(=O)N(c1ccccc1OC)C2=O. The normalized spacial score (nSPS) is 12.8. The van der Waals surface area contributed by atoms with Crippen molar-refractivity contribution in [3.05, 3.63) is 59.2 Å². The van der Waals surface area contributed by atoms with Crippen molar-refractivity contribution in [1.82, 2.24) is 0 Å². The fourth-order valence-electron chi connectivity index (χ4n) is 3.89. The van der Waals surface area contributed by atoms with Gasteiger partial charge in [-0.05, 0) is 36.8 Å². The molecule has 6 nitrogen and oxygen atoms in total. The molecule has 0 saturated carbocycles. The Morgan fingerprint density at radius 2 is 1.50 bits per heavy atom. The summed E-state index contributed by atoms with van der Waals surface area (Å²) in [6.07, 6.45) is 9.32. The van der Waals surface area contributed by atoms with Crippen LogP contribution in [0.5, 0.6) is 5.75 Å². The first-order valence-electron chi connectivity index (χ1n) is 11.4.